The van der Waals surface area contributed by atoms with Gasteiger partial charge in [-0.2, -0.15) is 0 Å². The Hall–Kier alpha value is -2.63. The van der Waals surface area contributed by atoms with Crippen molar-refractivity contribution >= 4 is 5.69 Å². The molecule has 18 heavy (non-hydrogen) atoms. The first kappa shape index (κ1) is 11.8. The highest BCUT2D eigenvalue weighted by atomic mass is 19.1. The predicted octanol–water partition coefficient (Wildman–Crippen LogP) is 2.81. The Morgan fingerprint density at radius 3 is 2.11 bits per heavy atom. The van der Waals surface area contributed by atoms with Crippen molar-refractivity contribution in [2.75, 3.05) is 0 Å². The molecular formula is C12H8FNO4. The minimum absolute atomic E-state index is 0.369. The van der Waals surface area contributed by atoms with Crippen LogP contribution in [0.4, 0.5) is 10.1 Å². The molecule has 92 valence electrons. The number of nitrogens with zero attached hydrogens (tertiary/aromatic N) is 1. The number of rotatable bonds is 2. The van der Waals surface area contributed by atoms with E-state index >= 15 is 0 Å². The van der Waals surface area contributed by atoms with Crippen molar-refractivity contribution in [2.24, 2.45) is 0 Å². The summed E-state index contributed by atoms with van der Waals surface area (Å²) in [6.07, 6.45) is 0. The smallest absolute Gasteiger partial charge is 0.311 e. The highest BCUT2D eigenvalue weighted by Gasteiger charge is 2.14. The second-order valence-corrected chi connectivity index (χ2v) is 3.63. The number of phenols is 2. The normalized spacial score (nSPS) is 10.3. The van der Waals surface area contributed by atoms with Crippen LogP contribution in [-0.4, -0.2) is 15.1 Å². The lowest BCUT2D eigenvalue weighted by atomic mass is 10.0. The largest absolute Gasteiger partial charge is 0.505 e. The van der Waals surface area contributed by atoms with Crippen LogP contribution in [0.15, 0.2) is 36.4 Å². The first-order chi connectivity index (χ1) is 8.49. The van der Waals surface area contributed by atoms with Crippen LogP contribution in [0.3, 0.4) is 0 Å². The predicted molar refractivity (Wildman–Crippen MR) is 61.8 cm³/mol. The SMILES string of the molecule is O=[N+]([O-])c1cc(-c2ccc(O)c(F)c2)ccc1O. The number of nitro benzene ring substituents is 1. The molecule has 0 spiro atoms. The van der Waals surface area contributed by atoms with Crippen molar-refractivity contribution in [2.45, 2.75) is 0 Å². The average molecular weight is 249 g/mol. The van der Waals surface area contributed by atoms with Crippen molar-refractivity contribution in [3.63, 3.8) is 0 Å². The number of phenolic OH excluding ortho intramolecular Hbond substituents is 2. The molecule has 0 radical (unpaired) electrons. The number of hydrogen-bond donors (Lipinski definition) is 2. The van der Waals surface area contributed by atoms with Gasteiger partial charge in [-0.05, 0) is 29.3 Å². The molecule has 0 aliphatic carbocycles. The lowest BCUT2D eigenvalue weighted by Crippen LogP contribution is -1.89. The fourth-order valence-corrected chi connectivity index (χ4v) is 1.54. The van der Waals surface area contributed by atoms with E-state index in [1.807, 2.05) is 0 Å². The van der Waals surface area contributed by atoms with Gasteiger partial charge in [-0.1, -0.05) is 12.1 Å². The van der Waals surface area contributed by atoms with Crippen molar-refractivity contribution < 1.29 is 19.5 Å². The van der Waals surface area contributed by atoms with Crippen LogP contribution in [0.25, 0.3) is 11.1 Å². The molecule has 0 aliphatic rings. The average Bonchev–Trinajstić information content (AvgIpc) is 2.33. The van der Waals surface area contributed by atoms with Gasteiger partial charge in [-0.15, -0.1) is 0 Å². The van der Waals surface area contributed by atoms with Crippen LogP contribution in [0.2, 0.25) is 0 Å². The molecule has 0 unspecified atom stereocenters. The molecule has 5 nitrogen and oxygen atoms in total. The lowest BCUT2D eigenvalue weighted by Gasteiger charge is -2.04. The van der Waals surface area contributed by atoms with E-state index in [2.05, 4.69) is 0 Å². The Labute approximate surface area is 101 Å². The van der Waals surface area contributed by atoms with Crippen molar-refractivity contribution in [3.05, 3.63) is 52.3 Å². The van der Waals surface area contributed by atoms with Gasteiger partial charge in [0.05, 0.1) is 4.92 Å². The van der Waals surface area contributed by atoms with Crippen LogP contribution in [0.1, 0.15) is 0 Å². The van der Waals surface area contributed by atoms with E-state index in [1.165, 1.54) is 12.1 Å². The first-order valence-electron chi connectivity index (χ1n) is 4.95. The van der Waals surface area contributed by atoms with Crippen LogP contribution in [-0.2, 0) is 0 Å². The maximum absolute atomic E-state index is 13.2. The van der Waals surface area contributed by atoms with Gasteiger partial charge < -0.3 is 10.2 Å². The molecule has 0 saturated carbocycles. The highest BCUT2D eigenvalue weighted by molar-refractivity contribution is 5.69. The van der Waals surface area contributed by atoms with Gasteiger partial charge >= 0.3 is 5.69 Å². The van der Waals surface area contributed by atoms with Crippen molar-refractivity contribution in [1.29, 1.82) is 0 Å². The fourth-order valence-electron chi connectivity index (χ4n) is 1.54. The molecule has 0 aromatic heterocycles. The van der Waals surface area contributed by atoms with Crippen molar-refractivity contribution in [3.8, 4) is 22.6 Å². The summed E-state index contributed by atoms with van der Waals surface area (Å²) in [7, 11) is 0. The third-order valence-electron chi connectivity index (χ3n) is 2.45. The maximum Gasteiger partial charge on any atom is 0.311 e. The zero-order valence-corrected chi connectivity index (χ0v) is 9.00. The Balaban J connectivity index is 2.54. The third-order valence-corrected chi connectivity index (χ3v) is 2.45. The third kappa shape index (κ3) is 2.08. The zero-order chi connectivity index (χ0) is 13.3. The molecule has 2 aromatic rings. The highest BCUT2D eigenvalue weighted by Crippen LogP contribution is 2.32. The second kappa shape index (κ2) is 4.33. The summed E-state index contributed by atoms with van der Waals surface area (Å²) in [6.45, 7) is 0. The summed E-state index contributed by atoms with van der Waals surface area (Å²) in [5.41, 5.74) is 0.285. The Morgan fingerprint density at radius 1 is 1.00 bits per heavy atom. The molecule has 2 N–H and O–H groups in total. The van der Waals surface area contributed by atoms with E-state index in [4.69, 9.17) is 5.11 Å². The number of nitro groups is 1. The van der Waals surface area contributed by atoms with E-state index in [-0.39, 0.29) is 0 Å². The summed E-state index contributed by atoms with van der Waals surface area (Å²) in [5.74, 6) is -1.77. The van der Waals surface area contributed by atoms with E-state index in [9.17, 15) is 19.6 Å². The number of hydrogen-bond acceptors (Lipinski definition) is 4. The van der Waals surface area contributed by atoms with Gasteiger partial charge in [0.15, 0.2) is 17.3 Å². The van der Waals surface area contributed by atoms with Gasteiger partial charge in [0, 0.05) is 6.07 Å². The molecule has 0 saturated heterocycles. The topological polar surface area (TPSA) is 83.6 Å². The fraction of sp³-hybridized carbons (Fsp3) is 0. The molecule has 0 fully saturated rings. The summed E-state index contributed by atoms with van der Waals surface area (Å²) in [4.78, 5) is 9.93. The van der Waals surface area contributed by atoms with Gasteiger partial charge in [0.2, 0.25) is 0 Å². The maximum atomic E-state index is 13.2. The second-order valence-electron chi connectivity index (χ2n) is 3.63. The van der Waals surface area contributed by atoms with Crippen LogP contribution < -0.4 is 0 Å². The Morgan fingerprint density at radius 2 is 1.56 bits per heavy atom. The van der Waals surface area contributed by atoms with E-state index < -0.39 is 27.9 Å². The van der Waals surface area contributed by atoms with Crippen LogP contribution >= 0.6 is 0 Å². The standard InChI is InChI=1S/C12H8FNO4/c13-9-5-7(1-3-11(9)15)8-2-4-12(16)10(6-8)14(17)18/h1-6,15-16H. The summed E-state index contributed by atoms with van der Waals surface area (Å²) in [6, 6.07) is 7.37. The quantitative estimate of drug-likeness (QED) is 0.633. The van der Waals surface area contributed by atoms with Gasteiger partial charge in [0.25, 0.3) is 0 Å². The summed E-state index contributed by atoms with van der Waals surface area (Å²) >= 11 is 0. The molecule has 2 rings (SSSR count). The van der Waals surface area contributed by atoms with Gasteiger partial charge in [-0.3, -0.25) is 10.1 Å². The molecule has 0 atom stereocenters. The van der Waals surface area contributed by atoms with E-state index in [0.29, 0.717) is 11.1 Å². The van der Waals surface area contributed by atoms with Crippen molar-refractivity contribution in [1.82, 2.24) is 0 Å². The number of benzene rings is 2. The zero-order valence-electron chi connectivity index (χ0n) is 9.00. The molecule has 0 amide bonds. The summed E-state index contributed by atoms with van der Waals surface area (Å²) < 4.78 is 13.2. The monoisotopic (exact) mass is 249 g/mol. The van der Waals surface area contributed by atoms with E-state index in [1.54, 1.807) is 0 Å². The Bertz CT molecular complexity index is 627. The minimum Gasteiger partial charge on any atom is -0.505 e. The minimum atomic E-state index is -0.816. The molecular weight excluding hydrogens is 241 g/mol. The molecule has 0 aliphatic heterocycles. The van der Waals surface area contributed by atoms with Crippen LogP contribution in [0, 0.1) is 15.9 Å². The summed E-state index contributed by atoms with van der Waals surface area (Å²) in [5, 5.41) is 29.0. The van der Waals surface area contributed by atoms with E-state index in [0.717, 1.165) is 24.3 Å². The molecule has 0 heterocycles. The van der Waals surface area contributed by atoms with Crippen LogP contribution in [0.5, 0.6) is 11.5 Å². The molecule has 2 aromatic carbocycles. The molecule has 6 heteroatoms. The first-order valence-corrected chi connectivity index (χ1v) is 4.95. The number of aromatic hydroxyl groups is 2. The lowest BCUT2D eigenvalue weighted by molar-refractivity contribution is -0.385. The van der Waals surface area contributed by atoms with Gasteiger partial charge in [0.1, 0.15) is 0 Å². The number of halogens is 1. The molecule has 0 bridgehead atoms. The van der Waals surface area contributed by atoms with Gasteiger partial charge in [-0.25, -0.2) is 4.39 Å². The Kier molecular flexibility index (Phi) is 2.85.